The van der Waals surface area contributed by atoms with Gasteiger partial charge in [-0.15, -0.1) is 0 Å². The molecule has 0 bridgehead atoms. The Morgan fingerprint density at radius 2 is 2.03 bits per heavy atom. The third-order valence-electron chi connectivity index (χ3n) is 6.66. The van der Waals surface area contributed by atoms with Crippen LogP contribution in [0.15, 0.2) is 17.1 Å². The number of carbonyl (C=O) groups excluding carboxylic acids is 1. The van der Waals surface area contributed by atoms with E-state index >= 15 is 0 Å². The molecular weight excluding hydrogens is 448 g/mol. The van der Waals surface area contributed by atoms with Crippen molar-refractivity contribution < 1.29 is 18.3 Å². The molecule has 0 spiro atoms. The summed E-state index contributed by atoms with van der Waals surface area (Å²) in [6, 6.07) is 1.09. The second kappa shape index (κ2) is 8.65. The molecule has 180 valence electrons. The number of rotatable bonds is 6. The van der Waals surface area contributed by atoms with E-state index in [1.54, 1.807) is 19.2 Å². The fraction of sp³-hybridized carbons (Fsp3) is 0.619. The zero-order valence-corrected chi connectivity index (χ0v) is 19.6. The Hall–Kier alpha value is -2.57. The van der Waals surface area contributed by atoms with Crippen LogP contribution in [0.3, 0.4) is 0 Å². The summed E-state index contributed by atoms with van der Waals surface area (Å²) in [5.41, 5.74) is 4.49. The molecule has 0 aromatic carbocycles. The first-order valence-electron chi connectivity index (χ1n) is 11.1. The number of nitrogens with zero attached hydrogens (tertiary/aromatic N) is 4. The molecule has 1 saturated heterocycles. The Bertz CT molecular complexity index is 1230. The van der Waals surface area contributed by atoms with Gasteiger partial charge in [0.05, 0.1) is 24.3 Å². The number of anilines is 1. The first-order chi connectivity index (χ1) is 15.5. The van der Waals surface area contributed by atoms with Gasteiger partial charge in [0.25, 0.3) is 5.56 Å². The van der Waals surface area contributed by atoms with E-state index in [1.807, 2.05) is 0 Å². The highest BCUT2D eigenvalue weighted by molar-refractivity contribution is 7.88. The summed E-state index contributed by atoms with van der Waals surface area (Å²) in [5, 5.41) is 14.8. The Kier molecular flexibility index (Phi) is 6.18. The van der Waals surface area contributed by atoms with Crippen LogP contribution >= 0.6 is 0 Å². The van der Waals surface area contributed by atoms with Gasteiger partial charge in [-0.05, 0) is 45.1 Å². The molecule has 2 atom stereocenters. The number of hydrogen-bond donors (Lipinski definition) is 3. The van der Waals surface area contributed by atoms with Crippen LogP contribution in [-0.4, -0.2) is 69.3 Å². The second-order valence-corrected chi connectivity index (χ2v) is 11.3. The van der Waals surface area contributed by atoms with E-state index in [0.717, 1.165) is 6.42 Å². The van der Waals surface area contributed by atoms with Gasteiger partial charge in [0.1, 0.15) is 5.65 Å². The lowest BCUT2D eigenvalue weighted by molar-refractivity contribution is -0.117. The lowest BCUT2D eigenvalue weighted by Crippen LogP contribution is -2.42. The Balaban J connectivity index is 1.70. The molecule has 1 amide bonds. The van der Waals surface area contributed by atoms with Crippen LogP contribution in [0.5, 0.6) is 0 Å². The largest absolute Gasteiger partial charge is 0.388 e. The molecule has 1 aliphatic carbocycles. The van der Waals surface area contributed by atoms with E-state index in [2.05, 4.69) is 15.3 Å². The summed E-state index contributed by atoms with van der Waals surface area (Å²) in [4.78, 5) is 33.8. The number of hydrogen-bond acceptors (Lipinski definition) is 8. The van der Waals surface area contributed by atoms with Crippen LogP contribution in [0.2, 0.25) is 0 Å². The average molecular weight is 479 g/mol. The molecular formula is C21H30N6O5S. The SMILES string of the molecule is C[C@@]1(O)CCC[C@H]1n1c(=O)c(CC(N)=O)cc2cnc(NC3CCN(S(C)(=O)=O)CC3)nc21. The number of nitrogens with one attached hydrogen (secondary N) is 1. The summed E-state index contributed by atoms with van der Waals surface area (Å²) >= 11 is 0. The molecule has 0 unspecified atom stereocenters. The fourth-order valence-electron chi connectivity index (χ4n) is 4.90. The van der Waals surface area contributed by atoms with Crippen LogP contribution in [0.1, 0.15) is 50.6 Å². The van der Waals surface area contributed by atoms with Crippen LogP contribution in [0, 0.1) is 0 Å². The van der Waals surface area contributed by atoms with Crippen molar-refractivity contribution in [2.24, 2.45) is 5.73 Å². The third kappa shape index (κ3) is 4.87. The van der Waals surface area contributed by atoms with Gasteiger partial charge in [-0.1, -0.05) is 0 Å². The number of aromatic nitrogens is 3. The number of fused-ring (bicyclic) bond motifs is 1. The molecule has 0 radical (unpaired) electrons. The number of sulfonamides is 1. The maximum atomic E-state index is 13.3. The third-order valence-corrected chi connectivity index (χ3v) is 7.96. The molecule has 2 fully saturated rings. The molecule has 4 N–H and O–H groups in total. The van der Waals surface area contributed by atoms with Gasteiger partial charge in [0.15, 0.2) is 0 Å². The summed E-state index contributed by atoms with van der Waals surface area (Å²) in [6.45, 7) is 2.53. The molecule has 3 heterocycles. The number of aliphatic hydroxyl groups is 1. The number of nitrogens with two attached hydrogens (primary N) is 1. The summed E-state index contributed by atoms with van der Waals surface area (Å²) in [7, 11) is -3.22. The lowest BCUT2D eigenvalue weighted by Gasteiger charge is -2.31. The van der Waals surface area contributed by atoms with Gasteiger partial charge in [0, 0.05) is 36.3 Å². The zero-order valence-electron chi connectivity index (χ0n) is 18.8. The number of amides is 1. The summed E-state index contributed by atoms with van der Waals surface area (Å²) in [5.74, 6) is -0.287. The summed E-state index contributed by atoms with van der Waals surface area (Å²) in [6.07, 6.45) is 5.73. The minimum atomic E-state index is -3.22. The van der Waals surface area contributed by atoms with Crippen molar-refractivity contribution in [3.05, 3.63) is 28.2 Å². The number of pyridine rings is 1. The molecule has 2 aromatic heterocycles. The van der Waals surface area contributed by atoms with Crippen molar-refractivity contribution in [3.63, 3.8) is 0 Å². The van der Waals surface area contributed by atoms with E-state index in [0.29, 0.717) is 55.8 Å². The predicted octanol–water partition coefficient (Wildman–Crippen LogP) is 0.131. The second-order valence-electron chi connectivity index (χ2n) is 9.31. The molecule has 2 aliphatic rings. The van der Waals surface area contributed by atoms with Crippen molar-refractivity contribution in [2.75, 3.05) is 24.7 Å². The number of carbonyl (C=O) groups is 1. The molecule has 33 heavy (non-hydrogen) atoms. The van der Waals surface area contributed by atoms with Gasteiger partial charge in [-0.2, -0.15) is 4.98 Å². The Labute approximate surface area is 192 Å². The maximum Gasteiger partial charge on any atom is 0.256 e. The minimum Gasteiger partial charge on any atom is -0.388 e. The topological polar surface area (TPSA) is 161 Å². The highest BCUT2D eigenvalue weighted by Gasteiger charge is 2.40. The van der Waals surface area contributed by atoms with E-state index in [4.69, 9.17) is 5.73 Å². The van der Waals surface area contributed by atoms with Gasteiger partial charge in [0.2, 0.25) is 21.9 Å². The van der Waals surface area contributed by atoms with Gasteiger partial charge >= 0.3 is 0 Å². The van der Waals surface area contributed by atoms with Crippen molar-refractivity contribution in [1.82, 2.24) is 18.8 Å². The summed E-state index contributed by atoms with van der Waals surface area (Å²) < 4.78 is 26.4. The van der Waals surface area contributed by atoms with E-state index in [-0.39, 0.29) is 23.6 Å². The predicted molar refractivity (Wildman–Crippen MR) is 123 cm³/mol. The molecule has 1 aliphatic heterocycles. The van der Waals surface area contributed by atoms with Crippen LogP contribution in [0.25, 0.3) is 11.0 Å². The monoisotopic (exact) mass is 478 g/mol. The number of primary amides is 1. The van der Waals surface area contributed by atoms with Crippen molar-refractivity contribution in [2.45, 2.75) is 63.1 Å². The van der Waals surface area contributed by atoms with Gasteiger partial charge in [-0.25, -0.2) is 17.7 Å². The van der Waals surface area contributed by atoms with Gasteiger partial charge in [-0.3, -0.25) is 14.2 Å². The smallest absolute Gasteiger partial charge is 0.256 e. The normalized spacial score (nSPS) is 24.9. The lowest BCUT2D eigenvalue weighted by atomic mass is 9.99. The average Bonchev–Trinajstić information content (AvgIpc) is 3.07. The number of piperidine rings is 1. The molecule has 2 aromatic rings. The van der Waals surface area contributed by atoms with Crippen molar-refractivity contribution >= 4 is 32.9 Å². The first kappa shape index (κ1) is 23.6. The fourth-order valence-corrected chi connectivity index (χ4v) is 5.78. The zero-order chi connectivity index (χ0) is 24.0. The van der Waals surface area contributed by atoms with E-state index < -0.39 is 27.6 Å². The molecule has 1 saturated carbocycles. The van der Waals surface area contributed by atoms with Crippen molar-refractivity contribution in [3.8, 4) is 0 Å². The van der Waals surface area contributed by atoms with Crippen molar-refractivity contribution in [1.29, 1.82) is 0 Å². The van der Waals surface area contributed by atoms with Crippen LogP contribution in [-0.2, 0) is 21.2 Å². The van der Waals surface area contributed by atoms with Gasteiger partial charge < -0.3 is 16.2 Å². The first-order valence-corrected chi connectivity index (χ1v) is 12.9. The highest BCUT2D eigenvalue weighted by Crippen LogP contribution is 2.39. The maximum absolute atomic E-state index is 13.3. The van der Waals surface area contributed by atoms with Crippen LogP contribution < -0.4 is 16.6 Å². The highest BCUT2D eigenvalue weighted by atomic mass is 32.2. The molecule has 12 heteroatoms. The quantitative estimate of drug-likeness (QED) is 0.528. The molecule has 11 nitrogen and oxygen atoms in total. The minimum absolute atomic E-state index is 0.00987. The molecule has 4 rings (SSSR count). The van der Waals surface area contributed by atoms with Crippen LogP contribution in [0.4, 0.5) is 5.95 Å². The van der Waals surface area contributed by atoms with E-state index in [9.17, 15) is 23.1 Å². The Morgan fingerprint density at radius 1 is 1.33 bits per heavy atom. The van der Waals surface area contributed by atoms with E-state index in [1.165, 1.54) is 15.1 Å². The Morgan fingerprint density at radius 3 is 2.61 bits per heavy atom. The standard InChI is InChI=1S/C21H30N6O5S/c1-21(30)7-3-4-16(21)27-18-14(10-13(19(27)29)11-17(22)28)12-23-20(25-18)24-15-5-8-26(9-6-15)33(2,31)32/h10,12,15-16,30H,3-9,11H2,1-2H3,(H2,22,28)(H,23,24,25)/t16-,21-/m1/s1.